The molecule has 0 aliphatic rings. The van der Waals surface area contributed by atoms with E-state index in [-0.39, 0.29) is 16.9 Å². The van der Waals surface area contributed by atoms with Gasteiger partial charge in [0.25, 0.3) is 5.56 Å². The zero-order chi connectivity index (χ0) is 18.8. The summed E-state index contributed by atoms with van der Waals surface area (Å²) in [5, 5.41) is 18.8. The summed E-state index contributed by atoms with van der Waals surface area (Å²) in [6.45, 7) is 3.88. The number of carbonyl (C=O) groups is 1. The molecule has 0 fully saturated rings. The Kier molecular flexibility index (Phi) is 4.78. The fourth-order valence-corrected chi connectivity index (χ4v) is 3.35. The van der Waals surface area contributed by atoms with Crippen LogP contribution in [-0.2, 0) is 0 Å². The van der Waals surface area contributed by atoms with Gasteiger partial charge in [0, 0.05) is 0 Å². The Labute approximate surface area is 153 Å². The van der Waals surface area contributed by atoms with Crippen LogP contribution in [0.2, 0.25) is 0 Å². The highest BCUT2D eigenvalue weighted by atomic mass is 32.2. The molecule has 0 radical (unpaired) electrons. The van der Waals surface area contributed by atoms with Crippen LogP contribution in [0.3, 0.4) is 0 Å². The predicted molar refractivity (Wildman–Crippen MR) is 100 cm³/mol. The normalized spacial score (nSPS) is 10.7. The fourth-order valence-electron chi connectivity index (χ4n) is 2.68. The van der Waals surface area contributed by atoms with E-state index in [9.17, 15) is 9.59 Å². The van der Waals surface area contributed by atoms with E-state index in [1.54, 1.807) is 0 Å². The summed E-state index contributed by atoms with van der Waals surface area (Å²) in [5.41, 5.74) is 2.75. The van der Waals surface area contributed by atoms with Crippen LogP contribution in [0.15, 0.2) is 46.3 Å². The van der Waals surface area contributed by atoms with Crippen LogP contribution in [0.25, 0.3) is 16.6 Å². The van der Waals surface area contributed by atoms with Gasteiger partial charge in [0.05, 0.1) is 34.0 Å². The van der Waals surface area contributed by atoms with Gasteiger partial charge in [-0.1, -0.05) is 23.9 Å². The molecule has 0 amide bonds. The van der Waals surface area contributed by atoms with Crippen LogP contribution >= 0.6 is 11.8 Å². The second-order valence-corrected chi connectivity index (χ2v) is 6.68. The SMILES string of the molecule is Cc1cccc(-n2c(SCC#N)nc3cc(C(=O)O)ccc3c2=O)c1C. The lowest BCUT2D eigenvalue weighted by Crippen LogP contribution is -2.23. The lowest BCUT2D eigenvalue weighted by Gasteiger charge is -2.15. The maximum atomic E-state index is 13.1. The van der Waals surface area contributed by atoms with Gasteiger partial charge >= 0.3 is 5.97 Å². The van der Waals surface area contributed by atoms with Crippen LogP contribution in [-0.4, -0.2) is 26.4 Å². The van der Waals surface area contributed by atoms with Gasteiger partial charge in [-0.05, 0) is 49.2 Å². The maximum absolute atomic E-state index is 13.1. The predicted octanol–water partition coefficient (Wildman–Crippen LogP) is 3.32. The summed E-state index contributed by atoms with van der Waals surface area (Å²) in [7, 11) is 0. The van der Waals surface area contributed by atoms with E-state index in [1.807, 2.05) is 38.1 Å². The van der Waals surface area contributed by atoms with E-state index >= 15 is 0 Å². The third kappa shape index (κ3) is 3.07. The number of nitriles is 1. The van der Waals surface area contributed by atoms with Gasteiger partial charge in [-0.25, -0.2) is 9.78 Å². The molecule has 0 unspecified atom stereocenters. The second-order valence-electron chi connectivity index (χ2n) is 5.74. The monoisotopic (exact) mass is 365 g/mol. The number of aromatic carboxylic acids is 1. The Hall–Kier alpha value is -3.11. The number of nitrogens with zero attached hydrogens (tertiary/aromatic N) is 3. The molecule has 1 heterocycles. The number of thioether (sulfide) groups is 1. The Balaban J connectivity index is 2.37. The van der Waals surface area contributed by atoms with Crippen molar-refractivity contribution in [2.45, 2.75) is 19.0 Å². The van der Waals surface area contributed by atoms with Crippen molar-refractivity contribution in [2.24, 2.45) is 0 Å². The van der Waals surface area contributed by atoms with Gasteiger partial charge in [0.2, 0.25) is 0 Å². The van der Waals surface area contributed by atoms with E-state index in [1.165, 1.54) is 22.8 Å². The summed E-state index contributed by atoms with van der Waals surface area (Å²) < 4.78 is 1.49. The molecule has 6 nitrogen and oxygen atoms in total. The van der Waals surface area contributed by atoms with Crippen molar-refractivity contribution in [3.05, 3.63) is 63.4 Å². The van der Waals surface area contributed by atoms with Crippen molar-refractivity contribution >= 4 is 28.6 Å². The molecule has 130 valence electrons. The van der Waals surface area contributed by atoms with Gasteiger partial charge in [0.15, 0.2) is 5.16 Å². The molecule has 0 aliphatic heterocycles. The highest BCUT2D eigenvalue weighted by Gasteiger charge is 2.16. The first-order chi connectivity index (χ1) is 12.4. The van der Waals surface area contributed by atoms with Gasteiger partial charge < -0.3 is 5.11 Å². The fraction of sp³-hybridized carbons (Fsp3) is 0.158. The number of hydrogen-bond donors (Lipinski definition) is 1. The first-order valence-corrected chi connectivity index (χ1v) is 8.79. The molecule has 0 spiro atoms. The first-order valence-electron chi connectivity index (χ1n) is 7.80. The molecule has 0 saturated carbocycles. The Morgan fingerprint density at radius 1 is 1.31 bits per heavy atom. The van der Waals surface area contributed by atoms with E-state index < -0.39 is 5.97 Å². The Morgan fingerprint density at radius 3 is 2.77 bits per heavy atom. The average Bonchev–Trinajstić information content (AvgIpc) is 2.62. The molecule has 2 aromatic carbocycles. The molecule has 7 heteroatoms. The lowest BCUT2D eigenvalue weighted by molar-refractivity contribution is 0.0697. The number of rotatable bonds is 4. The van der Waals surface area contributed by atoms with E-state index in [2.05, 4.69) is 4.98 Å². The molecular weight excluding hydrogens is 350 g/mol. The highest BCUT2D eigenvalue weighted by molar-refractivity contribution is 7.99. The first kappa shape index (κ1) is 17.7. The number of hydrogen-bond acceptors (Lipinski definition) is 5. The zero-order valence-corrected chi connectivity index (χ0v) is 15.0. The minimum absolute atomic E-state index is 0.0603. The van der Waals surface area contributed by atoms with Crippen molar-refractivity contribution in [3.63, 3.8) is 0 Å². The Morgan fingerprint density at radius 2 is 2.08 bits per heavy atom. The summed E-state index contributed by atoms with van der Waals surface area (Å²) in [5.74, 6) is -0.958. The summed E-state index contributed by atoms with van der Waals surface area (Å²) in [4.78, 5) is 28.8. The van der Waals surface area contributed by atoms with Crippen LogP contribution in [0, 0.1) is 25.2 Å². The zero-order valence-electron chi connectivity index (χ0n) is 14.2. The summed E-state index contributed by atoms with van der Waals surface area (Å²) in [6, 6.07) is 11.9. The van der Waals surface area contributed by atoms with Crippen molar-refractivity contribution < 1.29 is 9.90 Å². The highest BCUT2D eigenvalue weighted by Crippen LogP contribution is 2.24. The van der Waals surface area contributed by atoms with Gasteiger partial charge in [-0.2, -0.15) is 5.26 Å². The van der Waals surface area contributed by atoms with Crippen molar-refractivity contribution in [1.82, 2.24) is 9.55 Å². The standard InChI is InChI=1S/C19H15N3O3S/c1-11-4-3-5-16(12(11)2)22-17(23)14-7-6-13(18(24)25)10-15(14)21-19(22)26-9-8-20/h3-7,10H,9H2,1-2H3,(H,24,25). The number of aromatic nitrogens is 2. The minimum atomic E-state index is -1.08. The number of benzene rings is 2. The van der Waals surface area contributed by atoms with Crippen LogP contribution in [0.5, 0.6) is 0 Å². The van der Waals surface area contributed by atoms with Gasteiger partial charge in [-0.15, -0.1) is 0 Å². The largest absolute Gasteiger partial charge is 0.478 e. The molecule has 26 heavy (non-hydrogen) atoms. The molecule has 3 aromatic rings. The second kappa shape index (κ2) is 7.02. The summed E-state index contributed by atoms with van der Waals surface area (Å²) >= 11 is 1.14. The third-order valence-corrected chi connectivity index (χ3v) is 4.97. The van der Waals surface area contributed by atoms with Gasteiger partial charge in [-0.3, -0.25) is 9.36 Å². The van der Waals surface area contributed by atoms with Crippen molar-refractivity contribution in [1.29, 1.82) is 5.26 Å². The van der Waals surface area contributed by atoms with Crippen LogP contribution < -0.4 is 5.56 Å². The lowest BCUT2D eigenvalue weighted by atomic mass is 10.1. The molecule has 0 atom stereocenters. The number of carboxylic acids is 1. The number of carboxylic acid groups (broad SMARTS) is 1. The molecular formula is C19H15N3O3S. The summed E-state index contributed by atoms with van der Waals surface area (Å²) in [6.07, 6.45) is 0. The molecule has 1 aromatic heterocycles. The quantitative estimate of drug-likeness (QED) is 0.563. The maximum Gasteiger partial charge on any atom is 0.335 e. The number of aryl methyl sites for hydroxylation is 1. The molecule has 1 N–H and O–H groups in total. The molecule has 3 rings (SSSR count). The van der Waals surface area contributed by atoms with Crippen molar-refractivity contribution in [3.8, 4) is 11.8 Å². The van der Waals surface area contributed by atoms with E-state index in [0.717, 1.165) is 22.9 Å². The van der Waals surface area contributed by atoms with Gasteiger partial charge in [0.1, 0.15) is 0 Å². The third-order valence-electron chi connectivity index (χ3n) is 4.17. The van der Waals surface area contributed by atoms with E-state index in [4.69, 9.17) is 10.4 Å². The number of fused-ring (bicyclic) bond motifs is 1. The minimum Gasteiger partial charge on any atom is -0.478 e. The van der Waals surface area contributed by atoms with Crippen molar-refractivity contribution in [2.75, 3.05) is 5.75 Å². The smallest absolute Gasteiger partial charge is 0.335 e. The Bertz CT molecular complexity index is 1130. The average molecular weight is 365 g/mol. The van der Waals surface area contributed by atoms with Crippen LogP contribution in [0.1, 0.15) is 21.5 Å². The molecule has 0 bridgehead atoms. The molecule has 0 aliphatic carbocycles. The van der Waals surface area contributed by atoms with E-state index in [0.29, 0.717) is 21.7 Å². The van der Waals surface area contributed by atoms with Crippen LogP contribution in [0.4, 0.5) is 0 Å². The molecule has 0 saturated heterocycles. The topological polar surface area (TPSA) is 96.0 Å².